The summed E-state index contributed by atoms with van der Waals surface area (Å²) in [6, 6.07) is 0. The summed E-state index contributed by atoms with van der Waals surface area (Å²) in [6.07, 6.45) is 7.70. The number of amides is 1. The first-order valence-corrected chi connectivity index (χ1v) is 7.26. The molecule has 0 aromatic heterocycles. The summed E-state index contributed by atoms with van der Waals surface area (Å²) < 4.78 is 0. The predicted octanol–water partition coefficient (Wildman–Crippen LogP) is 4.02. The lowest BCUT2D eigenvalue weighted by molar-refractivity contribution is -0.130. The van der Waals surface area contributed by atoms with Crippen LogP contribution in [0.15, 0.2) is 11.6 Å². The highest BCUT2D eigenvalue weighted by molar-refractivity contribution is 5.75. The molecule has 0 spiro atoms. The maximum Gasteiger partial charge on any atom is 0.222 e. The molecule has 0 aromatic rings. The van der Waals surface area contributed by atoms with Crippen molar-refractivity contribution < 1.29 is 4.79 Å². The van der Waals surface area contributed by atoms with Crippen LogP contribution >= 0.6 is 0 Å². The fourth-order valence-corrected chi connectivity index (χ4v) is 2.62. The molecular formula is C16H29NO. The predicted molar refractivity (Wildman–Crippen MR) is 77.4 cm³/mol. The zero-order valence-corrected chi connectivity index (χ0v) is 12.8. The lowest BCUT2D eigenvalue weighted by atomic mass is 9.98. The first-order chi connectivity index (χ1) is 8.39. The molecule has 0 radical (unpaired) electrons. The Balaban J connectivity index is 2.30. The van der Waals surface area contributed by atoms with Gasteiger partial charge in [-0.05, 0) is 50.9 Å². The number of allylic oxidation sites excluding steroid dienone is 2. The minimum absolute atomic E-state index is 0.302. The van der Waals surface area contributed by atoms with Crippen molar-refractivity contribution in [3.63, 3.8) is 0 Å². The minimum atomic E-state index is 0.302. The molecule has 1 rings (SSSR count). The molecule has 0 saturated heterocycles. The smallest absolute Gasteiger partial charge is 0.222 e. The fraction of sp³-hybridized carbons (Fsp3) is 0.812. The molecule has 2 heteroatoms. The first kappa shape index (κ1) is 15.3. The van der Waals surface area contributed by atoms with Crippen LogP contribution < -0.4 is 0 Å². The third-order valence-corrected chi connectivity index (χ3v) is 4.19. The number of carbonyl (C=O) groups is 1. The van der Waals surface area contributed by atoms with Crippen molar-refractivity contribution in [2.45, 2.75) is 59.8 Å². The molecule has 1 aliphatic carbocycles. The molecule has 0 aromatic carbocycles. The maximum absolute atomic E-state index is 11.7. The Morgan fingerprint density at radius 3 is 2.67 bits per heavy atom. The Bertz CT molecular complexity index is 317. The van der Waals surface area contributed by atoms with Crippen molar-refractivity contribution >= 4 is 5.91 Å². The van der Waals surface area contributed by atoms with Gasteiger partial charge in [-0.25, -0.2) is 0 Å². The van der Waals surface area contributed by atoms with Gasteiger partial charge in [0.25, 0.3) is 0 Å². The highest BCUT2D eigenvalue weighted by Crippen LogP contribution is 2.55. The molecule has 18 heavy (non-hydrogen) atoms. The third-order valence-electron chi connectivity index (χ3n) is 4.19. The largest absolute Gasteiger partial charge is 0.345 e. The molecule has 0 aliphatic heterocycles. The van der Waals surface area contributed by atoms with E-state index in [1.807, 2.05) is 11.9 Å². The van der Waals surface area contributed by atoms with Crippen LogP contribution in [0.3, 0.4) is 0 Å². The van der Waals surface area contributed by atoms with Gasteiger partial charge < -0.3 is 4.90 Å². The van der Waals surface area contributed by atoms with E-state index >= 15 is 0 Å². The number of nitrogens with zero attached hydrogens (tertiary/aromatic N) is 1. The van der Waals surface area contributed by atoms with Crippen molar-refractivity contribution in [2.75, 3.05) is 13.6 Å². The van der Waals surface area contributed by atoms with Crippen molar-refractivity contribution in [3.05, 3.63) is 11.6 Å². The Morgan fingerprint density at radius 2 is 2.11 bits per heavy atom. The van der Waals surface area contributed by atoms with Gasteiger partial charge in [-0.3, -0.25) is 4.79 Å². The standard InChI is InChI=1S/C16H29NO/c1-6-8-15(18)17(5)12-14-11-16(14,4)10-7-9-13(2)3/h9,14H,6-8,10-12H2,1-5H3. The van der Waals surface area contributed by atoms with E-state index in [1.165, 1.54) is 24.8 Å². The minimum Gasteiger partial charge on any atom is -0.345 e. The first-order valence-electron chi connectivity index (χ1n) is 7.26. The van der Waals surface area contributed by atoms with E-state index in [1.54, 1.807) is 0 Å². The van der Waals surface area contributed by atoms with Gasteiger partial charge in [-0.1, -0.05) is 25.5 Å². The van der Waals surface area contributed by atoms with Crippen LogP contribution in [0.5, 0.6) is 0 Å². The van der Waals surface area contributed by atoms with E-state index in [0.29, 0.717) is 23.7 Å². The molecule has 1 amide bonds. The van der Waals surface area contributed by atoms with Crippen LogP contribution in [0.4, 0.5) is 0 Å². The Labute approximate surface area is 112 Å². The Kier molecular flexibility index (Phi) is 5.43. The molecule has 0 bridgehead atoms. The van der Waals surface area contributed by atoms with E-state index in [0.717, 1.165) is 13.0 Å². The van der Waals surface area contributed by atoms with Gasteiger partial charge >= 0.3 is 0 Å². The highest BCUT2D eigenvalue weighted by Gasteiger charge is 2.49. The number of hydrogen-bond donors (Lipinski definition) is 0. The van der Waals surface area contributed by atoms with Crippen LogP contribution in [-0.4, -0.2) is 24.4 Å². The average Bonchev–Trinajstić information content (AvgIpc) is 2.88. The summed E-state index contributed by atoms with van der Waals surface area (Å²) in [6.45, 7) is 9.69. The van der Waals surface area contributed by atoms with Crippen LogP contribution in [-0.2, 0) is 4.79 Å². The van der Waals surface area contributed by atoms with E-state index in [9.17, 15) is 4.79 Å². The van der Waals surface area contributed by atoms with E-state index < -0.39 is 0 Å². The molecule has 1 fully saturated rings. The number of carbonyl (C=O) groups excluding carboxylic acids is 1. The van der Waals surface area contributed by atoms with Crippen LogP contribution in [0.1, 0.15) is 59.8 Å². The van der Waals surface area contributed by atoms with Crippen LogP contribution in [0.2, 0.25) is 0 Å². The molecule has 0 N–H and O–H groups in total. The quantitative estimate of drug-likeness (QED) is 0.626. The van der Waals surface area contributed by atoms with Gasteiger partial charge in [0.05, 0.1) is 0 Å². The van der Waals surface area contributed by atoms with Gasteiger partial charge in [-0.2, -0.15) is 0 Å². The van der Waals surface area contributed by atoms with Crippen LogP contribution in [0.25, 0.3) is 0 Å². The number of rotatable bonds is 7. The van der Waals surface area contributed by atoms with E-state index in [4.69, 9.17) is 0 Å². The highest BCUT2D eigenvalue weighted by atomic mass is 16.2. The summed E-state index contributed by atoms with van der Waals surface area (Å²) in [7, 11) is 1.95. The van der Waals surface area contributed by atoms with E-state index in [-0.39, 0.29) is 0 Å². The molecule has 2 nitrogen and oxygen atoms in total. The van der Waals surface area contributed by atoms with Crippen LogP contribution in [0, 0.1) is 11.3 Å². The summed E-state index contributed by atoms with van der Waals surface area (Å²) >= 11 is 0. The molecule has 2 atom stereocenters. The molecule has 1 saturated carbocycles. The molecular weight excluding hydrogens is 222 g/mol. The second kappa shape index (κ2) is 6.40. The Hall–Kier alpha value is -0.790. The zero-order valence-electron chi connectivity index (χ0n) is 12.8. The second-order valence-electron chi connectivity index (χ2n) is 6.40. The SMILES string of the molecule is CCCC(=O)N(C)CC1CC1(C)CCC=C(C)C. The summed E-state index contributed by atoms with van der Waals surface area (Å²) in [4.78, 5) is 13.7. The van der Waals surface area contributed by atoms with Crippen molar-refractivity contribution in [1.29, 1.82) is 0 Å². The third kappa shape index (κ3) is 4.47. The second-order valence-corrected chi connectivity index (χ2v) is 6.40. The molecule has 1 aliphatic rings. The van der Waals surface area contributed by atoms with Crippen molar-refractivity contribution in [2.24, 2.45) is 11.3 Å². The van der Waals surface area contributed by atoms with Crippen molar-refractivity contribution in [3.8, 4) is 0 Å². The van der Waals surface area contributed by atoms with Gasteiger partial charge in [-0.15, -0.1) is 0 Å². The van der Waals surface area contributed by atoms with E-state index in [2.05, 4.69) is 33.8 Å². The van der Waals surface area contributed by atoms with Gasteiger partial charge in [0.2, 0.25) is 5.91 Å². The Morgan fingerprint density at radius 1 is 1.44 bits per heavy atom. The van der Waals surface area contributed by atoms with Gasteiger partial charge in [0.1, 0.15) is 0 Å². The maximum atomic E-state index is 11.7. The fourth-order valence-electron chi connectivity index (χ4n) is 2.62. The lowest BCUT2D eigenvalue weighted by Crippen LogP contribution is -2.29. The summed E-state index contributed by atoms with van der Waals surface area (Å²) in [5.74, 6) is 1.02. The topological polar surface area (TPSA) is 20.3 Å². The number of hydrogen-bond acceptors (Lipinski definition) is 1. The summed E-state index contributed by atoms with van der Waals surface area (Å²) in [5, 5.41) is 0. The lowest BCUT2D eigenvalue weighted by Gasteiger charge is -2.19. The summed E-state index contributed by atoms with van der Waals surface area (Å²) in [5.41, 5.74) is 1.89. The normalized spacial score (nSPS) is 25.7. The monoisotopic (exact) mass is 251 g/mol. The van der Waals surface area contributed by atoms with Crippen molar-refractivity contribution in [1.82, 2.24) is 4.90 Å². The molecule has 2 unspecified atom stereocenters. The molecule has 104 valence electrons. The zero-order chi connectivity index (χ0) is 13.8. The average molecular weight is 251 g/mol. The molecule has 0 heterocycles. The van der Waals surface area contributed by atoms with Gasteiger partial charge in [0.15, 0.2) is 0 Å². The van der Waals surface area contributed by atoms with Gasteiger partial charge in [0, 0.05) is 20.0 Å².